The van der Waals surface area contributed by atoms with Gasteiger partial charge >= 0.3 is 0 Å². The Morgan fingerprint density at radius 2 is 1.80 bits per heavy atom. The summed E-state index contributed by atoms with van der Waals surface area (Å²) in [5.74, 6) is -0.220. The Bertz CT molecular complexity index is 845. The fourth-order valence-corrected chi connectivity index (χ4v) is 3.88. The Labute approximate surface area is 148 Å². The molecule has 1 fully saturated rings. The molecule has 0 N–H and O–H groups in total. The number of piperazine rings is 1. The van der Waals surface area contributed by atoms with Crippen LogP contribution in [-0.2, 0) is 16.4 Å². The Morgan fingerprint density at radius 1 is 1.08 bits per heavy atom. The van der Waals surface area contributed by atoms with E-state index in [1.165, 1.54) is 6.07 Å². The topological polar surface area (TPSA) is 70.6 Å². The van der Waals surface area contributed by atoms with E-state index in [0.717, 1.165) is 31.5 Å². The summed E-state index contributed by atoms with van der Waals surface area (Å²) in [5, 5.41) is 0. The van der Waals surface area contributed by atoms with Crippen molar-refractivity contribution >= 4 is 15.7 Å². The Kier molecular flexibility index (Phi) is 5.15. The predicted octanol–water partition coefficient (Wildman–Crippen LogP) is 1.44. The molecule has 2 heterocycles. The zero-order valence-electron chi connectivity index (χ0n) is 14.1. The monoisotopic (exact) mass is 359 g/mol. The standard InChI is InChI=1S/C18H21N3O3S/c1-25(23,24)17-7-3-2-6-16(17)18(22)21-11-9-20(10-12-21)14-15-5-4-8-19-13-15/h2-8,13H,9-12,14H2,1H3. The molecule has 1 aromatic carbocycles. The van der Waals surface area contributed by atoms with Gasteiger partial charge in [0, 0.05) is 51.4 Å². The van der Waals surface area contributed by atoms with Crippen LogP contribution in [-0.4, -0.2) is 61.5 Å². The molecule has 0 radical (unpaired) electrons. The number of carbonyl (C=O) groups is 1. The lowest BCUT2D eigenvalue weighted by molar-refractivity contribution is 0.0624. The highest BCUT2D eigenvalue weighted by atomic mass is 32.2. The molecule has 6 nitrogen and oxygen atoms in total. The van der Waals surface area contributed by atoms with E-state index in [1.807, 2.05) is 18.3 Å². The number of hydrogen-bond acceptors (Lipinski definition) is 5. The zero-order valence-corrected chi connectivity index (χ0v) is 14.9. The molecule has 3 rings (SSSR count). The molecule has 0 spiro atoms. The minimum Gasteiger partial charge on any atom is -0.336 e. The van der Waals surface area contributed by atoms with Gasteiger partial charge in [-0.15, -0.1) is 0 Å². The van der Waals surface area contributed by atoms with Gasteiger partial charge in [0.25, 0.3) is 5.91 Å². The van der Waals surface area contributed by atoms with Gasteiger partial charge in [-0.25, -0.2) is 8.42 Å². The number of sulfone groups is 1. The highest BCUT2D eigenvalue weighted by molar-refractivity contribution is 7.90. The van der Waals surface area contributed by atoms with Crippen LogP contribution in [0.2, 0.25) is 0 Å². The molecule has 25 heavy (non-hydrogen) atoms. The second-order valence-corrected chi connectivity index (χ2v) is 8.18. The van der Waals surface area contributed by atoms with Crippen LogP contribution in [0.3, 0.4) is 0 Å². The first kappa shape index (κ1) is 17.6. The molecule has 0 unspecified atom stereocenters. The summed E-state index contributed by atoms with van der Waals surface area (Å²) in [5.41, 5.74) is 1.40. The molecule has 2 aromatic rings. The minimum atomic E-state index is -3.43. The van der Waals surface area contributed by atoms with Gasteiger partial charge in [-0.05, 0) is 23.8 Å². The summed E-state index contributed by atoms with van der Waals surface area (Å²) < 4.78 is 23.8. The number of rotatable bonds is 4. The van der Waals surface area contributed by atoms with Crippen LogP contribution >= 0.6 is 0 Å². The number of nitrogens with zero attached hydrogens (tertiary/aromatic N) is 3. The smallest absolute Gasteiger partial charge is 0.255 e. The van der Waals surface area contributed by atoms with Crippen molar-refractivity contribution in [2.75, 3.05) is 32.4 Å². The van der Waals surface area contributed by atoms with E-state index in [-0.39, 0.29) is 16.4 Å². The van der Waals surface area contributed by atoms with Gasteiger partial charge in [-0.3, -0.25) is 14.7 Å². The van der Waals surface area contributed by atoms with E-state index in [1.54, 1.807) is 29.3 Å². The zero-order chi connectivity index (χ0) is 17.9. The molecule has 0 saturated carbocycles. The van der Waals surface area contributed by atoms with Crippen molar-refractivity contribution in [2.45, 2.75) is 11.4 Å². The van der Waals surface area contributed by atoms with Crippen LogP contribution in [0.1, 0.15) is 15.9 Å². The third-order valence-electron chi connectivity index (χ3n) is 4.31. The van der Waals surface area contributed by atoms with E-state index >= 15 is 0 Å². The number of aromatic nitrogens is 1. The van der Waals surface area contributed by atoms with E-state index in [4.69, 9.17) is 0 Å². The quantitative estimate of drug-likeness (QED) is 0.826. The third-order valence-corrected chi connectivity index (χ3v) is 5.46. The average Bonchev–Trinajstić information content (AvgIpc) is 2.62. The maximum Gasteiger partial charge on any atom is 0.255 e. The van der Waals surface area contributed by atoms with Crippen molar-refractivity contribution in [1.82, 2.24) is 14.8 Å². The van der Waals surface area contributed by atoms with Crippen LogP contribution in [0.15, 0.2) is 53.7 Å². The lowest BCUT2D eigenvalue weighted by Gasteiger charge is -2.35. The van der Waals surface area contributed by atoms with Crippen LogP contribution in [0, 0.1) is 0 Å². The summed E-state index contributed by atoms with van der Waals surface area (Å²) in [7, 11) is -3.43. The van der Waals surface area contributed by atoms with E-state index in [0.29, 0.717) is 13.1 Å². The van der Waals surface area contributed by atoms with Gasteiger partial charge in [0.1, 0.15) is 0 Å². The fourth-order valence-electron chi connectivity index (χ4n) is 3.00. The SMILES string of the molecule is CS(=O)(=O)c1ccccc1C(=O)N1CCN(Cc2cccnc2)CC1. The second-order valence-electron chi connectivity index (χ2n) is 6.20. The Balaban J connectivity index is 1.67. The predicted molar refractivity (Wildman–Crippen MR) is 95.0 cm³/mol. The van der Waals surface area contributed by atoms with Gasteiger partial charge < -0.3 is 4.90 Å². The summed E-state index contributed by atoms with van der Waals surface area (Å²) in [6, 6.07) is 10.4. The first-order valence-corrected chi connectivity index (χ1v) is 10.0. The fraction of sp³-hybridized carbons (Fsp3) is 0.333. The maximum atomic E-state index is 12.8. The maximum absolute atomic E-state index is 12.8. The average molecular weight is 359 g/mol. The van der Waals surface area contributed by atoms with Crippen molar-refractivity contribution in [1.29, 1.82) is 0 Å². The molecule has 1 saturated heterocycles. The molecular weight excluding hydrogens is 338 g/mol. The van der Waals surface area contributed by atoms with Gasteiger partial charge in [-0.1, -0.05) is 18.2 Å². The number of carbonyl (C=O) groups excluding carboxylic acids is 1. The molecule has 1 aromatic heterocycles. The molecule has 7 heteroatoms. The molecule has 0 aliphatic carbocycles. The van der Waals surface area contributed by atoms with Crippen molar-refractivity contribution in [2.24, 2.45) is 0 Å². The molecule has 0 atom stereocenters. The molecular formula is C18H21N3O3S. The summed E-state index contributed by atoms with van der Waals surface area (Å²) in [6.07, 6.45) is 4.73. The number of pyridine rings is 1. The first-order chi connectivity index (χ1) is 11.9. The number of amides is 1. The lowest BCUT2D eigenvalue weighted by atomic mass is 10.1. The highest BCUT2D eigenvalue weighted by Crippen LogP contribution is 2.18. The largest absolute Gasteiger partial charge is 0.336 e. The van der Waals surface area contributed by atoms with Crippen molar-refractivity contribution in [3.05, 3.63) is 59.9 Å². The summed E-state index contributed by atoms with van der Waals surface area (Å²) >= 11 is 0. The normalized spacial score (nSPS) is 16.0. The summed E-state index contributed by atoms with van der Waals surface area (Å²) in [6.45, 7) is 3.47. The number of benzene rings is 1. The van der Waals surface area contributed by atoms with Crippen molar-refractivity contribution in [3.63, 3.8) is 0 Å². The van der Waals surface area contributed by atoms with Crippen LogP contribution < -0.4 is 0 Å². The lowest BCUT2D eigenvalue weighted by Crippen LogP contribution is -2.48. The third kappa shape index (κ3) is 4.24. The van der Waals surface area contributed by atoms with Crippen molar-refractivity contribution in [3.8, 4) is 0 Å². The molecule has 1 aliphatic heterocycles. The van der Waals surface area contributed by atoms with Crippen LogP contribution in [0.5, 0.6) is 0 Å². The van der Waals surface area contributed by atoms with Gasteiger partial charge in [0.05, 0.1) is 10.5 Å². The van der Waals surface area contributed by atoms with Gasteiger partial charge in [-0.2, -0.15) is 0 Å². The minimum absolute atomic E-state index is 0.0952. The first-order valence-electron chi connectivity index (χ1n) is 8.15. The molecule has 132 valence electrons. The highest BCUT2D eigenvalue weighted by Gasteiger charge is 2.26. The second kappa shape index (κ2) is 7.33. The van der Waals surface area contributed by atoms with Crippen LogP contribution in [0.4, 0.5) is 0 Å². The van der Waals surface area contributed by atoms with Crippen molar-refractivity contribution < 1.29 is 13.2 Å². The van der Waals surface area contributed by atoms with Gasteiger partial charge in [0.2, 0.25) is 0 Å². The van der Waals surface area contributed by atoms with E-state index in [9.17, 15) is 13.2 Å². The van der Waals surface area contributed by atoms with Crippen LogP contribution in [0.25, 0.3) is 0 Å². The molecule has 1 amide bonds. The Morgan fingerprint density at radius 3 is 2.44 bits per heavy atom. The Hall–Kier alpha value is -2.25. The van der Waals surface area contributed by atoms with E-state index in [2.05, 4.69) is 9.88 Å². The van der Waals surface area contributed by atoms with Gasteiger partial charge in [0.15, 0.2) is 9.84 Å². The van der Waals surface area contributed by atoms with E-state index < -0.39 is 9.84 Å². The molecule has 0 bridgehead atoms. The summed E-state index contributed by atoms with van der Waals surface area (Å²) in [4.78, 5) is 21.0. The molecule has 1 aliphatic rings. The number of hydrogen-bond donors (Lipinski definition) is 0.